The number of aryl methyl sites for hydroxylation is 1. The molecule has 5 rings (SSSR count). The van der Waals surface area contributed by atoms with Gasteiger partial charge in [0.25, 0.3) is 0 Å². The minimum absolute atomic E-state index is 0.629. The Balaban J connectivity index is 1.36. The molecule has 1 aliphatic heterocycles. The van der Waals surface area contributed by atoms with Crippen molar-refractivity contribution in [3.05, 3.63) is 54.5 Å². The molecule has 9 heteroatoms. The Kier molecular flexibility index (Phi) is 4.44. The van der Waals surface area contributed by atoms with E-state index < -0.39 is 0 Å². The maximum atomic E-state index is 4.70. The number of hydrogen-bond donors (Lipinski definition) is 0. The van der Waals surface area contributed by atoms with Crippen molar-refractivity contribution >= 4 is 11.5 Å². The molecule has 148 valence electrons. The summed E-state index contributed by atoms with van der Waals surface area (Å²) in [7, 11) is 4.05. The Bertz CT molecular complexity index is 1120. The average Bonchev–Trinajstić information content (AvgIpc) is 3.34. The van der Waals surface area contributed by atoms with Crippen LogP contribution in [0.5, 0.6) is 0 Å². The van der Waals surface area contributed by atoms with Crippen molar-refractivity contribution in [2.24, 2.45) is 7.05 Å². The molecular formula is C20H23N9. The summed E-state index contributed by atoms with van der Waals surface area (Å²) >= 11 is 0. The first-order valence-electron chi connectivity index (χ1n) is 9.73. The first-order valence-corrected chi connectivity index (χ1v) is 9.73. The highest BCUT2D eigenvalue weighted by molar-refractivity contribution is 5.59. The van der Waals surface area contributed by atoms with Gasteiger partial charge in [0.2, 0.25) is 0 Å². The summed E-state index contributed by atoms with van der Waals surface area (Å²) in [4.78, 5) is 18.3. The second-order valence-corrected chi connectivity index (χ2v) is 7.48. The van der Waals surface area contributed by atoms with Crippen molar-refractivity contribution in [2.45, 2.75) is 6.42 Å². The van der Waals surface area contributed by atoms with Gasteiger partial charge in [0, 0.05) is 57.6 Å². The van der Waals surface area contributed by atoms with Crippen LogP contribution in [0.3, 0.4) is 0 Å². The van der Waals surface area contributed by atoms with E-state index in [1.165, 1.54) is 0 Å². The SMILES string of the molecule is CN1CCN(c2ccc(Cc3nc4cncc(-c5cnn(C)c5)n4n3)cn2)CC1. The lowest BCUT2D eigenvalue weighted by Crippen LogP contribution is -2.44. The highest BCUT2D eigenvalue weighted by Crippen LogP contribution is 2.19. The zero-order valence-electron chi connectivity index (χ0n) is 16.6. The molecule has 0 amide bonds. The zero-order valence-corrected chi connectivity index (χ0v) is 16.6. The number of likely N-dealkylation sites (N-methyl/N-ethyl adjacent to an activating group) is 1. The molecule has 9 nitrogen and oxygen atoms in total. The van der Waals surface area contributed by atoms with E-state index in [0.717, 1.165) is 60.3 Å². The van der Waals surface area contributed by atoms with Crippen LogP contribution in [0.4, 0.5) is 5.82 Å². The third kappa shape index (κ3) is 3.56. The van der Waals surface area contributed by atoms with Gasteiger partial charge in [-0.2, -0.15) is 10.2 Å². The number of piperazine rings is 1. The summed E-state index contributed by atoms with van der Waals surface area (Å²) in [6.07, 6.45) is 9.82. The smallest absolute Gasteiger partial charge is 0.174 e. The molecule has 1 aliphatic rings. The first kappa shape index (κ1) is 17.7. The molecule has 4 aromatic rings. The van der Waals surface area contributed by atoms with E-state index in [1.807, 2.05) is 24.0 Å². The summed E-state index contributed by atoms with van der Waals surface area (Å²) in [5.41, 5.74) is 3.65. The van der Waals surface area contributed by atoms with Crippen LogP contribution in [0.2, 0.25) is 0 Å². The van der Waals surface area contributed by atoms with Gasteiger partial charge in [-0.15, -0.1) is 0 Å². The van der Waals surface area contributed by atoms with Crippen molar-refractivity contribution in [3.63, 3.8) is 0 Å². The number of nitrogens with zero attached hydrogens (tertiary/aromatic N) is 9. The number of aromatic nitrogens is 7. The molecule has 0 atom stereocenters. The fourth-order valence-electron chi connectivity index (χ4n) is 3.61. The van der Waals surface area contributed by atoms with Crippen LogP contribution in [0.25, 0.3) is 16.9 Å². The predicted octanol–water partition coefficient (Wildman–Crippen LogP) is 1.26. The van der Waals surface area contributed by atoms with Gasteiger partial charge in [0.05, 0.1) is 24.3 Å². The molecule has 0 unspecified atom stereocenters. The molecule has 0 spiro atoms. The van der Waals surface area contributed by atoms with E-state index in [1.54, 1.807) is 23.3 Å². The quantitative estimate of drug-likeness (QED) is 0.520. The Morgan fingerprint density at radius 1 is 0.966 bits per heavy atom. The van der Waals surface area contributed by atoms with Gasteiger partial charge < -0.3 is 9.80 Å². The maximum Gasteiger partial charge on any atom is 0.174 e. The average molecular weight is 389 g/mol. The zero-order chi connectivity index (χ0) is 19.8. The van der Waals surface area contributed by atoms with Crippen molar-refractivity contribution in [1.29, 1.82) is 0 Å². The second-order valence-electron chi connectivity index (χ2n) is 7.48. The molecule has 0 bridgehead atoms. The van der Waals surface area contributed by atoms with Gasteiger partial charge >= 0.3 is 0 Å². The van der Waals surface area contributed by atoms with E-state index in [-0.39, 0.29) is 0 Å². The highest BCUT2D eigenvalue weighted by atomic mass is 15.3. The van der Waals surface area contributed by atoms with Gasteiger partial charge in [0.1, 0.15) is 5.82 Å². The van der Waals surface area contributed by atoms with Crippen molar-refractivity contribution < 1.29 is 0 Å². The molecule has 0 saturated carbocycles. The van der Waals surface area contributed by atoms with Crippen LogP contribution in [-0.4, -0.2) is 72.5 Å². The lowest BCUT2D eigenvalue weighted by Gasteiger charge is -2.33. The molecule has 4 aromatic heterocycles. The summed E-state index contributed by atoms with van der Waals surface area (Å²) in [5, 5.41) is 8.94. The maximum absolute atomic E-state index is 4.70. The molecule has 29 heavy (non-hydrogen) atoms. The third-order valence-corrected chi connectivity index (χ3v) is 5.29. The molecule has 1 fully saturated rings. The van der Waals surface area contributed by atoms with Gasteiger partial charge in [-0.05, 0) is 18.7 Å². The summed E-state index contributed by atoms with van der Waals surface area (Å²) in [6, 6.07) is 4.21. The third-order valence-electron chi connectivity index (χ3n) is 5.29. The van der Waals surface area contributed by atoms with Crippen molar-refractivity contribution in [2.75, 3.05) is 38.1 Å². The number of fused-ring (bicyclic) bond motifs is 1. The van der Waals surface area contributed by atoms with E-state index in [4.69, 9.17) is 5.10 Å². The van der Waals surface area contributed by atoms with Gasteiger partial charge in [-0.1, -0.05) is 6.07 Å². The van der Waals surface area contributed by atoms with Crippen LogP contribution >= 0.6 is 0 Å². The van der Waals surface area contributed by atoms with E-state index >= 15 is 0 Å². The summed E-state index contributed by atoms with van der Waals surface area (Å²) < 4.78 is 3.59. The van der Waals surface area contributed by atoms with E-state index in [0.29, 0.717) is 6.42 Å². The van der Waals surface area contributed by atoms with Crippen molar-refractivity contribution in [3.8, 4) is 11.3 Å². The van der Waals surface area contributed by atoms with E-state index in [2.05, 4.69) is 49.0 Å². The standard InChI is InChI=1S/C20H23N9/c1-26-5-7-28(8-6-26)19-4-3-15(10-22-19)9-18-24-20-13-21-12-17(29(20)25-18)16-11-23-27(2)14-16/h3-4,10-14H,5-9H2,1-2H3. The fourth-order valence-corrected chi connectivity index (χ4v) is 3.61. The minimum Gasteiger partial charge on any atom is -0.354 e. The highest BCUT2D eigenvalue weighted by Gasteiger charge is 2.16. The van der Waals surface area contributed by atoms with Crippen LogP contribution in [0.15, 0.2) is 43.1 Å². The Hall–Kier alpha value is -3.33. The summed E-state index contributed by atoms with van der Waals surface area (Å²) in [5.74, 6) is 1.78. The second kappa shape index (κ2) is 7.25. The number of rotatable bonds is 4. The Labute approximate surface area is 168 Å². The van der Waals surface area contributed by atoms with Crippen LogP contribution < -0.4 is 4.90 Å². The van der Waals surface area contributed by atoms with Gasteiger partial charge in [0.15, 0.2) is 11.5 Å². The number of anilines is 1. The number of hydrogen-bond acceptors (Lipinski definition) is 7. The molecular weight excluding hydrogens is 366 g/mol. The molecule has 5 heterocycles. The van der Waals surface area contributed by atoms with E-state index in [9.17, 15) is 0 Å². The van der Waals surface area contributed by atoms with Gasteiger partial charge in [-0.25, -0.2) is 14.5 Å². The molecule has 1 saturated heterocycles. The normalized spacial score (nSPS) is 15.3. The monoisotopic (exact) mass is 389 g/mol. The Morgan fingerprint density at radius 2 is 1.83 bits per heavy atom. The minimum atomic E-state index is 0.629. The Morgan fingerprint density at radius 3 is 2.55 bits per heavy atom. The molecule has 0 N–H and O–H groups in total. The molecule has 0 aliphatic carbocycles. The first-order chi connectivity index (χ1) is 14.2. The van der Waals surface area contributed by atoms with Crippen LogP contribution in [0, 0.1) is 0 Å². The number of pyridine rings is 1. The topological polar surface area (TPSA) is 80.3 Å². The molecule has 0 aromatic carbocycles. The van der Waals surface area contributed by atoms with Crippen molar-refractivity contribution in [1.82, 2.24) is 39.2 Å². The predicted molar refractivity (Wildman–Crippen MR) is 110 cm³/mol. The lowest BCUT2D eigenvalue weighted by atomic mass is 10.2. The molecule has 0 radical (unpaired) electrons. The largest absolute Gasteiger partial charge is 0.354 e. The van der Waals surface area contributed by atoms with Crippen LogP contribution in [0.1, 0.15) is 11.4 Å². The lowest BCUT2D eigenvalue weighted by molar-refractivity contribution is 0.312. The summed E-state index contributed by atoms with van der Waals surface area (Å²) in [6.45, 7) is 4.17. The van der Waals surface area contributed by atoms with Crippen LogP contribution in [-0.2, 0) is 13.5 Å². The van der Waals surface area contributed by atoms with Gasteiger partial charge in [-0.3, -0.25) is 9.67 Å². The fraction of sp³-hybridized carbons (Fsp3) is 0.350.